The predicted molar refractivity (Wildman–Crippen MR) is 108 cm³/mol. The molecule has 1 amide bonds. The van der Waals surface area contributed by atoms with Crippen LogP contribution in [0, 0.1) is 0 Å². The highest BCUT2D eigenvalue weighted by Crippen LogP contribution is 2.37. The van der Waals surface area contributed by atoms with Crippen LogP contribution in [0.15, 0.2) is 34.7 Å². The maximum Gasteiger partial charge on any atom is 0.387 e. The van der Waals surface area contributed by atoms with Crippen LogP contribution in [0.3, 0.4) is 0 Å². The number of amides is 1. The van der Waals surface area contributed by atoms with E-state index in [1.807, 2.05) is 13.8 Å². The molecule has 0 bridgehead atoms. The number of hydrogen-bond acceptors (Lipinski definition) is 4. The van der Waals surface area contributed by atoms with Gasteiger partial charge < -0.3 is 19.6 Å². The molecule has 6 nitrogen and oxygen atoms in total. The van der Waals surface area contributed by atoms with Crippen LogP contribution >= 0.6 is 23.2 Å². The molecule has 3 rings (SSSR count). The molecule has 0 aliphatic rings. The Labute approximate surface area is 179 Å². The zero-order valence-corrected chi connectivity index (χ0v) is 17.1. The summed E-state index contributed by atoms with van der Waals surface area (Å²) < 4.78 is 35.6. The van der Waals surface area contributed by atoms with Gasteiger partial charge >= 0.3 is 12.6 Å². The van der Waals surface area contributed by atoms with Crippen LogP contribution in [-0.2, 0) is 0 Å². The van der Waals surface area contributed by atoms with E-state index in [9.17, 15) is 18.4 Å². The zero-order chi connectivity index (χ0) is 22.2. The van der Waals surface area contributed by atoms with Crippen LogP contribution in [0.5, 0.6) is 5.75 Å². The topological polar surface area (TPSA) is 88.8 Å². The molecule has 1 heterocycles. The monoisotopic (exact) mass is 457 g/mol. The van der Waals surface area contributed by atoms with E-state index in [0.29, 0.717) is 5.76 Å². The minimum absolute atomic E-state index is 0.00469. The summed E-state index contributed by atoms with van der Waals surface area (Å²) in [4.78, 5) is 24.0. The smallest absolute Gasteiger partial charge is 0.387 e. The molecule has 2 aromatic carbocycles. The number of ether oxygens (including phenoxy) is 1. The number of benzene rings is 2. The molecule has 30 heavy (non-hydrogen) atoms. The fraction of sp³-hybridized carbons (Fsp3) is 0.200. The van der Waals surface area contributed by atoms with Crippen molar-refractivity contribution in [1.29, 1.82) is 0 Å². The summed E-state index contributed by atoms with van der Waals surface area (Å²) in [6.07, 6.45) is 0. The van der Waals surface area contributed by atoms with Gasteiger partial charge in [0.25, 0.3) is 5.91 Å². The van der Waals surface area contributed by atoms with Gasteiger partial charge in [0.2, 0.25) is 0 Å². The number of furan rings is 1. The van der Waals surface area contributed by atoms with Gasteiger partial charge in [-0.2, -0.15) is 8.78 Å². The van der Waals surface area contributed by atoms with E-state index in [1.165, 1.54) is 12.1 Å². The van der Waals surface area contributed by atoms with Gasteiger partial charge in [0.05, 0.1) is 26.9 Å². The first-order valence-electron chi connectivity index (χ1n) is 8.63. The van der Waals surface area contributed by atoms with Crippen molar-refractivity contribution < 1.29 is 32.6 Å². The Morgan fingerprint density at radius 3 is 2.30 bits per heavy atom. The SMILES string of the molecule is CC(C)c1cc2c(C(=O)Nc3c(Cl)cc(C(=O)O)cc3Cl)ccc(OC(F)F)c2o1. The Morgan fingerprint density at radius 2 is 1.77 bits per heavy atom. The third kappa shape index (κ3) is 4.34. The van der Waals surface area contributed by atoms with Crippen LogP contribution in [0.1, 0.15) is 46.2 Å². The van der Waals surface area contributed by atoms with E-state index >= 15 is 0 Å². The summed E-state index contributed by atoms with van der Waals surface area (Å²) in [5.41, 5.74) is -0.0148. The van der Waals surface area contributed by atoms with Crippen molar-refractivity contribution in [3.63, 3.8) is 0 Å². The summed E-state index contributed by atoms with van der Waals surface area (Å²) in [6.45, 7) is 0.620. The fourth-order valence-corrected chi connectivity index (χ4v) is 3.37. The molecule has 0 saturated carbocycles. The zero-order valence-electron chi connectivity index (χ0n) is 15.6. The van der Waals surface area contributed by atoms with Crippen molar-refractivity contribution in [1.82, 2.24) is 0 Å². The Bertz CT molecular complexity index is 1120. The number of alkyl halides is 2. The number of carboxylic acids is 1. The second kappa shape index (κ2) is 8.49. The summed E-state index contributed by atoms with van der Waals surface area (Å²) in [5.74, 6) is -1.67. The molecule has 0 radical (unpaired) electrons. The van der Waals surface area contributed by atoms with Gasteiger partial charge in [0.1, 0.15) is 5.76 Å². The summed E-state index contributed by atoms with van der Waals surface area (Å²) >= 11 is 12.1. The second-order valence-corrected chi connectivity index (χ2v) is 7.42. The minimum atomic E-state index is -3.06. The predicted octanol–water partition coefficient (Wildman–Crippen LogP) is 6.41. The van der Waals surface area contributed by atoms with Gasteiger partial charge in [-0.25, -0.2) is 4.79 Å². The quantitative estimate of drug-likeness (QED) is 0.445. The van der Waals surface area contributed by atoms with E-state index in [2.05, 4.69) is 10.1 Å². The summed E-state index contributed by atoms with van der Waals surface area (Å²) in [5, 5.41) is 11.7. The molecule has 158 valence electrons. The molecular formula is C20H15Cl2F2NO5. The molecule has 10 heteroatoms. The van der Waals surface area contributed by atoms with Crippen LogP contribution < -0.4 is 10.1 Å². The number of rotatable bonds is 6. The summed E-state index contributed by atoms with van der Waals surface area (Å²) in [6, 6.07) is 6.38. The standard InChI is InChI=1S/C20H15Cl2F2NO5/c1-8(2)15-7-11-10(3-4-14(17(11)29-15)30-20(23)24)18(26)25-16-12(21)5-9(19(27)28)6-13(16)22/h3-8,20H,1-2H3,(H,25,26)(H,27,28). The number of nitrogens with one attached hydrogen (secondary N) is 1. The van der Waals surface area contributed by atoms with Gasteiger partial charge in [0, 0.05) is 11.3 Å². The van der Waals surface area contributed by atoms with Crippen molar-refractivity contribution in [2.24, 2.45) is 0 Å². The van der Waals surface area contributed by atoms with E-state index in [-0.39, 0.29) is 49.5 Å². The number of fused-ring (bicyclic) bond motifs is 1. The molecular weight excluding hydrogens is 443 g/mol. The van der Waals surface area contributed by atoms with Crippen molar-refractivity contribution in [3.8, 4) is 5.75 Å². The van der Waals surface area contributed by atoms with Crippen molar-refractivity contribution in [2.45, 2.75) is 26.4 Å². The Hall–Kier alpha value is -2.84. The number of carboxylic acid groups (broad SMARTS) is 1. The highest BCUT2D eigenvalue weighted by molar-refractivity contribution is 6.40. The Morgan fingerprint density at radius 1 is 1.13 bits per heavy atom. The molecule has 0 fully saturated rings. The highest BCUT2D eigenvalue weighted by atomic mass is 35.5. The number of halogens is 4. The number of carbonyl (C=O) groups is 2. The number of aromatic carboxylic acids is 1. The maximum absolute atomic E-state index is 12.9. The first-order valence-corrected chi connectivity index (χ1v) is 9.39. The van der Waals surface area contributed by atoms with Crippen LogP contribution in [0.2, 0.25) is 10.0 Å². The van der Waals surface area contributed by atoms with Crippen LogP contribution in [-0.4, -0.2) is 23.6 Å². The lowest BCUT2D eigenvalue weighted by Crippen LogP contribution is -2.14. The highest BCUT2D eigenvalue weighted by Gasteiger charge is 2.22. The molecule has 1 aromatic heterocycles. The van der Waals surface area contributed by atoms with Crippen LogP contribution in [0.4, 0.5) is 14.5 Å². The summed E-state index contributed by atoms with van der Waals surface area (Å²) in [7, 11) is 0. The van der Waals surface area contributed by atoms with Crippen molar-refractivity contribution >= 4 is 51.7 Å². The van der Waals surface area contributed by atoms with E-state index in [4.69, 9.17) is 32.7 Å². The van der Waals surface area contributed by atoms with Crippen molar-refractivity contribution in [3.05, 3.63) is 57.3 Å². The molecule has 2 N–H and O–H groups in total. The van der Waals surface area contributed by atoms with Gasteiger partial charge in [-0.1, -0.05) is 37.0 Å². The average Bonchev–Trinajstić information content (AvgIpc) is 3.10. The minimum Gasteiger partial charge on any atom is -0.478 e. The van der Waals surface area contributed by atoms with Crippen molar-refractivity contribution in [2.75, 3.05) is 5.32 Å². The third-order valence-corrected chi connectivity index (χ3v) is 4.82. The molecule has 0 saturated heterocycles. The Kier molecular flexibility index (Phi) is 6.19. The largest absolute Gasteiger partial charge is 0.478 e. The van der Waals surface area contributed by atoms with E-state index < -0.39 is 18.5 Å². The first-order chi connectivity index (χ1) is 14.1. The molecule has 0 atom stereocenters. The van der Waals surface area contributed by atoms with E-state index in [1.54, 1.807) is 6.07 Å². The lowest BCUT2D eigenvalue weighted by atomic mass is 10.1. The number of anilines is 1. The van der Waals surface area contributed by atoms with Crippen LogP contribution in [0.25, 0.3) is 11.0 Å². The number of hydrogen-bond donors (Lipinski definition) is 2. The lowest BCUT2D eigenvalue weighted by molar-refractivity contribution is -0.0494. The number of carbonyl (C=O) groups excluding carboxylic acids is 1. The molecule has 0 unspecified atom stereocenters. The molecule has 0 spiro atoms. The lowest BCUT2D eigenvalue weighted by Gasteiger charge is -2.12. The molecule has 0 aliphatic heterocycles. The third-order valence-electron chi connectivity index (χ3n) is 4.22. The van der Waals surface area contributed by atoms with Gasteiger partial charge in [-0.3, -0.25) is 4.79 Å². The van der Waals surface area contributed by atoms with Gasteiger partial charge in [0.15, 0.2) is 11.3 Å². The van der Waals surface area contributed by atoms with Gasteiger partial charge in [-0.15, -0.1) is 0 Å². The maximum atomic E-state index is 12.9. The normalized spacial score (nSPS) is 11.3. The Balaban J connectivity index is 2.04. The first kappa shape index (κ1) is 21.9. The average molecular weight is 458 g/mol. The van der Waals surface area contributed by atoms with E-state index in [0.717, 1.165) is 12.1 Å². The molecule has 0 aliphatic carbocycles. The van der Waals surface area contributed by atoms with Gasteiger partial charge in [-0.05, 0) is 30.3 Å². The molecule has 3 aromatic rings. The fourth-order valence-electron chi connectivity index (χ4n) is 2.79. The second-order valence-electron chi connectivity index (χ2n) is 6.61.